The second-order valence-electron chi connectivity index (χ2n) is 2.54. The average Bonchev–Trinajstić information content (AvgIpc) is 2.60. The molecule has 0 bridgehead atoms. The molecule has 12 heavy (non-hydrogen) atoms. The Hall–Kier alpha value is -0.311. The van der Waals surface area contributed by atoms with Crippen molar-refractivity contribution >= 4 is 32.3 Å². The van der Waals surface area contributed by atoms with Crippen LogP contribution in [0.15, 0.2) is 6.07 Å². The molecule has 0 unspecified atom stereocenters. The number of methoxy groups -OCH3 is 1. The standard InChI is InChI=1S/C8H8O2SSe/c1-10-8(9)6-2-5-3-12-4-7(5)11-6/h2H,3-4H2,1H3. The van der Waals surface area contributed by atoms with E-state index in [1.807, 2.05) is 6.07 Å². The molecule has 0 fully saturated rings. The van der Waals surface area contributed by atoms with Crippen LogP contribution >= 0.6 is 11.3 Å². The Balaban J connectivity index is 2.31. The molecule has 2 rings (SSSR count). The first-order valence-electron chi connectivity index (χ1n) is 3.59. The summed E-state index contributed by atoms with van der Waals surface area (Å²) < 4.78 is 4.65. The Morgan fingerprint density at radius 3 is 3.17 bits per heavy atom. The summed E-state index contributed by atoms with van der Waals surface area (Å²) in [5.41, 5.74) is 1.38. The first-order chi connectivity index (χ1) is 5.81. The van der Waals surface area contributed by atoms with Crippen LogP contribution in [-0.4, -0.2) is 28.0 Å². The summed E-state index contributed by atoms with van der Waals surface area (Å²) >= 11 is 2.34. The fourth-order valence-electron chi connectivity index (χ4n) is 1.17. The molecule has 0 spiro atoms. The van der Waals surface area contributed by atoms with E-state index in [2.05, 4.69) is 4.74 Å². The minimum absolute atomic E-state index is 0.193. The summed E-state index contributed by atoms with van der Waals surface area (Å²) in [5, 5.41) is 2.39. The van der Waals surface area contributed by atoms with Gasteiger partial charge in [0.15, 0.2) is 0 Å². The van der Waals surface area contributed by atoms with E-state index in [-0.39, 0.29) is 5.97 Å². The van der Waals surface area contributed by atoms with Gasteiger partial charge in [-0.3, -0.25) is 0 Å². The van der Waals surface area contributed by atoms with E-state index in [0.29, 0.717) is 0 Å². The van der Waals surface area contributed by atoms with Crippen LogP contribution in [0.4, 0.5) is 0 Å². The van der Waals surface area contributed by atoms with Crippen LogP contribution in [0.1, 0.15) is 20.1 Å². The van der Waals surface area contributed by atoms with Crippen LogP contribution in [0.25, 0.3) is 0 Å². The minimum atomic E-state index is -0.193. The molecular weight excluding hydrogens is 239 g/mol. The first kappa shape index (κ1) is 8.30. The molecule has 0 radical (unpaired) electrons. The molecular formula is C8H8O2SSe. The molecule has 2 heterocycles. The Bertz CT molecular complexity index is 297. The molecule has 1 aromatic rings. The molecule has 0 saturated carbocycles. The number of hydrogen-bond acceptors (Lipinski definition) is 3. The maximum atomic E-state index is 11.1. The molecule has 1 aliphatic rings. The third kappa shape index (κ3) is 1.30. The van der Waals surface area contributed by atoms with Crippen molar-refractivity contribution in [2.45, 2.75) is 10.6 Å². The number of rotatable bonds is 1. The van der Waals surface area contributed by atoms with Gasteiger partial charge in [-0.2, -0.15) is 0 Å². The molecule has 0 amide bonds. The summed E-state index contributed by atoms with van der Waals surface area (Å²) in [7, 11) is 1.43. The van der Waals surface area contributed by atoms with Crippen molar-refractivity contribution in [3.8, 4) is 0 Å². The third-order valence-electron chi connectivity index (χ3n) is 1.77. The monoisotopic (exact) mass is 248 g/mol. The summed E-state index contributed by atoms with van der Waals surface area (Å²) in [5.74, 6) is -0.193. The second kappa shape index (κ2) is 3.21. The number of thiophene rings is 1. The molecule has 0 saturated heterocycles. The van der Waals surface area contributed by atoms with Crippen LogP contribution < -0.4 is 0 Å². The van der Waals surface area contributed by atoms with E-state index in [1.54, 1.807) is 11.3 Å². The van der Waals surface area contributed by atoms with Crippen LogP contribution in [0.3, 0.4) is 0 Å². The molecule has 1 aliphatic heterocycles. The number of carbonyl (C=O) groups is 1. The third-order valence-corrected chi connectivity index (χ3v) is 5.46. The SMILES string of the molecule is COC(=O)c1cc2c(s1)C[Se]C2. The van der Waals surface area contributed by atoms with Gasteiger partial charge in [0.2, 0.25) is 0 Å². The Morgan fingerprint density at radius 2 is 2.50 bits per heavy atom. The zero-order valence-corrected chi connectivity index (χ0v) is 9.15. The molecule has 64 valence electrons. The molecule has 0 aliphatic carbocycles. The molecule has 0 atom stereocenters. The van der Waals surface area contributed by atoms with E-state index in [9.17, 15) is 4.79 Å². The normalized spacial score (nSPS) is 14.4. The maximum absolute atomic E-state index is 11.1. The predicted molar refractivity (Wildman–Crippen MR) is 48.8 cm³/mol. The number of ether oxygens (including phenoxy) is 1. The summed E-state index contributed by atoms with van der Waals surface area (Å²) in [6, 6.07) is 1.99. The fourth-order valence-corrected chi connectivity index (χ4v) is 5.12. The van der Waals surface area contributed by atoms with Crippen molar-refractivity contribution < 1.29 is 9.53 Å². The van der Waals surface area contributed by atoms with Crippen LogP contribution in [0, 0.1) is 0 Å². The van der Waals surface area contributed by atoms with Gasteiger partial charge in [-0.05, 0) is 0 Å². The van der Waals surface area contributed by atoms with E-state index in [4.69, 9.17) is 0 Å². The summed E-state index contributed by atoms with van der Waals surface area (Å²) in [4.78, 5) is 13.3. The zero-order valence-electron chi connectivity index (χ0n) is 6.62. The van der Waals surface area contributed by atoms with Crippen molar-refractivity contribution in [1.82, 2.24) is 0 Å². The van der Waals surface area contributed by atoms with Gasteiger partial charge < -0.3 is 0 Å². The molecule has 4 heteroatoms. The molecule has 1 aromatic heterocycles. The molecule has 0 aromatic carbocycles. The second-order valence-corrected chi connectivity index (χ2v) is 5.75. The summed E-state index contributed by atoms with van der Waals surface area (Å²) in [6.07, 6.45) is 0. The fraction of sp³-hybridized carbons (Fsp3) is 0.375. The quantitative estimate of drug-likeness (QED) is 0.551. The van der Waals surface area contributed by atoms with Gasteiger partial charge in [-0.1, -0.05) is 0 Å². The van der Waals surface area contributed by atoms with E-state index < -0.39 is 0 Å². The van der Waals surface area contributed by atoms with Gasteiger partial charge in [0.25, 0.3) is 0 Å². The van der Waals surface area contributed by atoms with Crippen molar-refractivity contribution in [3.63, 3.8) is 0 Å². The van der Waals surface area contributed by atoms with Gasteiger partial charge >= 0.3 is 80.9 Å². The van der Waals surface area contributed by atoms with E-state index in [0.717, 1.165) is 19.8 Å². The first-order valence-corrected chi connectivity index (χ1v) is 6.83. The van der Waals surface area contributed by atoms with Gasteiger partial charge in [0, 0.05) is 0 Å². The van der Waals surface area contributed by atoms with E-state index >= 15 is 0 Å². The summed E-state index contributed by atoms with van der Waals surface area (Å²) in [6.45, 7) is 0. The number of hydrogen-bond donors (Lipinski definition) is 0. The number of esters is 1. The van der Waals surface area contributed by atoms with Gasteiger partial charge in [0.1, 0.15) is 0 Å². The van der Waals surface area contributed by atoms with Crippen LogP contribution in [0.5, 0.6) is 0 Å². The van der Waals surface area contributed by atoms with Crippen molar-refractivity contribution in [2.75, 3.05) is 7.11 Å². The topological polar surface area (TPSA) is 26.3 Å². The van der Waals surface area contributed by atoms with Crippen molar-refractivity contribution in [2.24, 2.45) is 0 Å². The van der Waals surface area contributed by atoms with E-state index in [1.165, 1.54) is 28.2 Å². The average molecular weight is 247 g/mol. The van der Waals surface area contributed by atoms with Gasteiger partial charge in [0.05, 0.1) is 0 Å². The predicted octanol–water partition coefficient (Wildman–Crippen LogP) is 1.25. The van der Waals surface area contributed by atoms with Crippen molar-refractivity contribution in [1.29, 1.82) is 0 Å². The molecule has 2 nitrogen and oxygen atoms in total. The Labute approximate surface area is 81.1 Å². The Morgan fingerprint density at radius 1 is 1.67 bits per heavy atom. The zero-order chi connectivity index (χ0) is 8.55. The van der Waals surface area contributed by atoms with Gasteiger partial charge in [-0.15, -0.1) is 0 Å². The Kier molecular flexibility index (Phi) is 2.22. The van der Waals surface area contributed by atoms with Crippen LogP contribution in [-0.2, 0) is 15.4 Å². The molecule has 0 N–H and O–H groups in total. The van der Waals surface area contributed by atoms with Crippen molar-refractivity contribution in [3.05, 3.63) is 21.4 Å². The van der Waals surface area contributed by atoms with Gasteiger partial charge in [-0.25, -0.2) is 0 Å². The number of carbonyl (C=O) groups excluding carboxylic acids is 1. The number of fused-ring (bicyclic) bond motifs is 1. The van der Waals surface area contributed by atoms with Crippen LogP contribution in [0.2, 0.25) is 0 Å².